The summed E-state index contributed by atoms with van der Waals surface area (Å²) >= 11 is 0. The molecule has 4 rings (SSSR count). The van der Waals surface area contributed by atoms with E-state index in [0.29, 0.717) is 28.3 Å². The molecule has 0 spiro atoms. The topological polar surface area (TPSA) is 52.9 Å². The van der Waals surface area contributed by atoms with E-state index >= 15 is 0 Å². The van der Waals surface area contributed by atoms with E-state index in [9.17, 15) is 22.4 Å². The molecule has 1 aliphatic heterocycles. The summed E-state index contributed by atoms with van der Waals surface area (Å²) < 4.78 is 54.2. The molecule has 0 unspecified atom stereocenters. The molecule has 1 N–H and O–H groups in total. The van der Waals surface area contributed by atoms with Crippen molar-refractivity contribution in [1.82, 2.24) is 5.32 Å². The number of hydrogen-bond donors (Lipinski definition) is 1. The maximum Gasteiger partial charge on any atom is 0.416 e. The standard InChI is InChI=1S/C22H12F4N2O/c23-20-5-4-15(22(24,25)26)8-19(20)18-9-17-14(11-28-21(17)29)7-16(18)13-3-1-2-12(6-13)10-27/h1-9H,11H2,(H,28,29). The van der Waals surface area contributed by atoms with E-state index in [2.05, 4.69) is 5.32 Å². The first-order valence-electron chi connectivity index (χ1n) is 8.60. The summed E-state index contributed by atoms with van der Waals surface area (Å²) in [6.45, 7) is 0.268. The smallest absolute Gasteiger partial charge is 0.348 e. The Hall–Kier alpha value is -3.66. The van der Waals surface area contributed by atoms with Crippen LogP contribution in [0.5, 0.6) is 0 Å². The average molecular weight is 396 g/mol. The molecule has 0 bridgehead atoms. The third-order valence-corrected chi connectivity index (χ3v) is 4.81. The van der Waals surface area contributed by atoms with Crippen LogP contribution in [-0.4, -0.2) is 5.91 Å². The summed E-state index contributed by atoms with van der Waals surface area (Å²) in [7, 11) is 0. The fourth-order valence-electron chi connectivity index (χ4n) is 3.40. The zero-order valence-corrected chi connectivity index (χ0v) is 14.8. The molecular weight excluding hydrogens is 384 g/mol. The highest BCUT2D eigenvalue weighted by Crippen LogP contribution is 2.40. The number of halogens is 4. The van der Waals surface area contributed by atoms with E-state index in [1.54, 1.807) is 30.3 Å². The summed E-state index contributed by atoms with van der Waals surface area (Å²) in [5.74, 6) is -1.21. The van der Waals surface area contributed by atoms with E-state index in [4.69, 9.17) is 5.26 Å². The molecule has 7 heteroatoms. The minimum atomic E-state index is -4.64. The summed E-state index contributed by atoms with van der Waals surface area (Å²) in [6, 6.07) is 13.7. The number of alkyl halides is 3. The zero-order valence-electron chi connectivity index (χ0n) is 14.8. The first-order chi connectivity index (χ1) is 13.8. The van der Waals surface area contributed by atoms with Gasteiger partial charge < -0.3 is 5.32 Å². The monoisotopic (exact) mass is 396 g/mol. The SMILES string of the molecule is N#Cc1cccc(-c2cc3c(cc2-c2cc(C(F)(F)F)ccc2F)C(=O)NC3)c1. The second-order valence-electron chi connectivity index (χ2n) is 6.62. The molecule has 1 aliphatic rings. The lowest BCUT2D eigenvalue weighted by Crippen LogP contribution is -2.12. The van der Waals surface area contributed by atoms with Crippen LogP contribution in [0.15, 0.2) is 54.6 Å². The second kappa shape index (κ2) is 6.74. The molecule has 0 atom stereocenters. The van der Waals surface area contributed by atoms with Gasteiger partial charge in [-0.25, -0.2) is 4.39 Å². The van der Waals surface area contributed by atoms with Crippen molar-refractivity contribution in [2.24, 2.45) is 0 Å². The van der Waals surface area contributed by atoms with Crippen LogP contribution in [0.25, 0.3) is 22.3 Å². The normalized spacial score (nSPS) is 13.0. The van der Waals surface area contributed by atoms with Crippen LogP contribution in [-0.2, 0) is 12.7 Å². The van der Waals surface area contributed by atoms with Crippen LogP contribution in [0.4, 0.5) is 17.6 Å². The summed E-state index contributed by atoms with van der Waals surface area (Å²) in [5, 5.41) is 11.8. The molecule has 0 fully saturated rings. The van der Waals surface area contributed by atoms with Gasteiger partial charge in [0.05, 0.1) is 17.2 Å². The van der Waals surface area contributed by atoms with Crippen molar-refractivity contribution in [2.45, 2.75) is 12.7 Å². The molecule has 3 aromatic carbocycles. The van der Waals surface area contributed by atoms with Gasteiger partial charge in [0.15, 0.2) is 0 Å². The molecule has 0 aliphatic carbocycles. The van der Waals surface area contributed by atoms with E-state index in [0.717, 1.165) is 12.1 Å². The van der Waals surface area contributed by atoms with Gasteiger partial charge in [-0.3, -0.25) is 4.79 Å². The Morgan fingerprint density at radius 3 is 2.45 bits per heavy atom. The van der Waals surface area contributed by atoms with Crippen LogP contribution in [0.2, 0.25) is 0 Å². The van der Waals surface area contributed by atoms with Crippen LogP contribution >= 0.6 is 0 Å². The molecule has 144 valence electrons. The largest absolute Gasteiger partial charge is 0.416 e. The molecule has 3 nitrogen and oxygen atoms in total. The van der Waals surface area contributed by atoms with Gasteiger partial charge in [-0.1, -0.05) is 12.1 Å². The third-order valence-electron chi connectivity index (χ3n) is 4.81. The maximum atomic E-state index is 14.6. The summed E-state index contributed by atoms with van der Waals surface area (Å²) in [6.07, 6.45) is -4.64. The molecule has 1 heterocycles. The number of rotatable bonds is 2. The number of fused-ring (bicyclic) bond motifs is 1. The minimum Gasteiger partial charge on any atom is -0.348 e. The molecular formula is C22H12F4N2O. The fourth-order valence-corrected chi connectivity index (χ4v) is 3.40. The Bertz CT molecular complexity index is 1190. The number of carbonyl (C=O) groups is 1. The highest BCUT2D eigenvalue weighted by Gasteiger charge is 2.32. The number of benzene rings is 3. The van der Waals surface area contributed by atoms with Gasteiger partial charge in [-0.05, 0) is 64.7 Å². The van der Waals surface area contributed by atoms with Crippen molar-refractivity contribution in [2.75, 3.05) is 0 Å². The molecule has 0 radical (unpaired) electrons. The molecule has 0 saturated carbocycles. The van der Waals surface area contributed by atoms with Crippen molar-refractivity contribution in [3.05, 3.63) is 82.7 Å². The lowest BCUT2D eigenvalue weighted by atomic mass is 9.89. The van der Waals surface area contributed by atoms with Gasteiger partial charge in [-0.15, -0.1) is 0 Å². The number of nitriles is 1. The zero-order chi connectivity index (χ0) is 20.8. The summed E-state index contributed by atoms with van der Waals surface area (Å²) in [5.41, 5.74) is 1.18. The molecule has 0 aromatic heterocycles. The first-order valence-corrected chi connectivity index (χ1v) is 8.60. The quantitative estimate of drug-likeness (QED) is 0.598. The maximum absolute atomic E-state index is 14.6. The van der Waals surface area contributed by atoms with Crippen LogP contribution in [0.3, 0.4) is 0 Å². The first kappa shape index (κ1) is 18.7. The van der Waals surface area contributed by atoms with Gasteiger partial charge in [0, 0.05) is 17.7 Å². The average Bonchev–Trinajstić information content (AvgIpc) is 3.06. The van der Waals surface area contributed by atoms with Crippen LogP contribution < -0.4 is 5.32 Å². The van der Waals surface area contributed by atoms with Gasteiger partial charge in [0.25, 0.3) is 5.91 Å². The van der Waals surface area contributed by atoms with Crippen molar-refractivity contribution < 1.29 is 22.4 Å². The number of amides is 1. The molecule has 1 amide bonds. The third kappa shape index (κ3) is 3.34. The van der Waals surface area contributed by atoms with E-state index in [1.165, 1.54) is 6.07 Å². The lowest BCUT2D eigenvalue weighted by Gasteiger charge is -2.15. The van der Waals surface area contributed by atoms with Crippen LogP contribution in [0.1, 0.15) is 27.0 Å². The molecule has 0 saturated heterocycles. The lowest BCUT2D eigenvalue weighted by molar-refractivity contribution is -0.137. The number of hydrogen-bond acceptors (Lipinski definition) is 2. The highest BCUT2D eigenvalue weighted by molar-refractivity contribution is 6.01. The highest BCUT2D eigenvalue weighted by atomic mass is 19.4. The van der Waals surface area contributed by atoms with Gasteiger partial charge in [-0.2, -0.15) is 18.4 Å². The predicted molar refractivity (Wildman–Crippen MR) is 98.2 cm³/mol. The van der Waals surface area contributed by atoms with Gasteiger partial charge in [0.1, 0.15) is 5.82 Å². The van der Waals surface area contributed by atoms with Crippen molar-refractivity contribution >= 4 is 5.91 Å². The number of nitrogens with one attached hydrogen (secondary N) is 1. The Morgan fingerprint density at radius 1 is 0.931 bits per heavy atom. The fraction of sp³-hybridized carbons (Fsp3) is 0.0909. The molecule has 29 heavy (non-hydrogen) atoms. The van der Waals surface area contributed by atoms with E-state index < -0.39 is 17.6 Å². The second-order valence-corrected chi connectivity index (χ2v) is 6.62. The molecule has 3 aromatic rings. The van der Waals surface area contributed by atoms with Crippen molar-refractivity contribution in [3.63, 3.8) is 0 Å². The van der Waals surface area contributed by atoms with Crippen molar-refractivity contribution in [1.29, 1.82) is 5.26 Å². The van der Waals surface area contributed by atoms with E-state index in [1.807, 2.05) is 6.07 Å². The number of nitrogens with zero attached hydrogens (tertiary/aromatic N) is 1. The minimum absolute atomic E-state index is 0.152. The number of carbonyl (C=O) groups excluding carboxylic acids is 1. The summed E-state index contributed by atoms with van der Waals surface area (Å²) in [4.78, 5) is 12.1. The Kier molecular flexibility index (Phi) is 4.35. The van der Waals surface area contributed by atoms with Gasteiger partial charge >= 0.3 is 6.18 Å². The Balaban J connectivity index is 2.02. The van der Waals surface area contributed by atoms with Crippen LogP contribution in [0, 0.1) is 17.1 Å². The van der Waals surface area contributed by atoms with Gasteiger partial charge in [0.2, 0.25) is 0 Å². The van der Waals surface area contributed by atoms with Crippen molar-refractivity contribution in [3.8, 4) is 28.3 Å². The predicted octanol–water partition coefficient (Wildman–Crippen LogP) is 5.29. The Labute approximate surface area is 163 Å². The Morgan fingerprint density at radius 2 is 1.72 bits per heavy atom. The van der Waals surface area contributed by atoms with E-state index in [-0.39, 0.29) is 29.1 Å².